The number of primary amides is 1. The molecule has 0 atom stereocenters. The third-order valence-corrected chi connectivity index (χ3v) is 4.51. The van der Waals surface area contributed by atoms with Crippen molar-refractivity contribution in [3.05, 3.63) is 22.4 Å². The first kappa shape index (κ1) is 16.2. The fourth-order valence-corrected chi connectivity index (χ4v) is 2.51. The summed E-state index contributed by atoms with van der Waals surface area (Å²) in [6.07, 6.45) is 1.08. The van der Waals surface area contributed by atoms with Crippen LogP contribution in [0.25, 0.3) is 0 Å². The van der Waals surface area contributed by atoms with Crippen LogP contribution in [-0.2, 0) is 14.8 Å². The average molecular weight is 326 g/mol. The number of rotatable bonds is 5. The average Bonchev–Trinajstić information content (AvgIpc) is 2.30. The van der Waals surface area contributed by atoms with Gasteiger partial charge in [-0.3, -0.25) is 4.79 Å². The highest BCUT2D eigenvalue weighted by atomic mass is 35.5. The maximum atomic E-state index is 12.0. The number of nitrogens with one attached hydrogen (secondary N) is 1. The third-order valence-electron chi connectivity index (χ3n) is 2.45. The molecular formula is C10H13Cl2N3O3S. The largest absolute Gasteiger partial charge is 0.369 e. The summed E-state index contributed by atoms with van der Waals surface area (Å²) in [6, 6.07) is 1.18. The van der Waals surface area contributed by atoms with Crippen LogP contribution in [-0.4, -0.2) is 25.9 Å². The number of carbonyl (C=O) groups is 1. The van der Waals surface area contributed by atoms with Gasteiger partial charge in [0, 0.05) is 12.7 Å². The maximum absolute atomic E-state index is 12.0. The Labute approximate surface area is 121 Å². The van der Waals surface area contributed by atoms with Crippen molar-refractivity contribution in [1.82, 2.24) is 9.71 Å². The molecule has 0 aliphatic carbocycles. The van der Waals surface area contributed by atoms with E-state index in [0.29, 0.717) is 0 Å². The van der Waals surface area contributed by atoms with Crippen LogP contribution in [0.4, 0.5) is 0 Å². The van der Waals surface area contributed by atoms with E-state index in [1.807, 2.05) is 0 Å². The molecule has 1 amide bonds. The van der Waals surface area contributed by atoms with Gasteiger partial charge >= 0.3 is 0 Å². The molecule has 19 heavy (non-hydrogen) atoms. The fourth-order valence-electron chi connectivity index (χ4n) is 0.997. The Hall–Kier alpha value is -0.890. The molecule has 1 heterocycles. The van der Waals surface area contributed by atoms with Crippen molar-refractivity contribution >= 4 is 39.1 Å². The number of nitrogens with two attached hydrogens (primary N) is 1. The van der Waals surface area contributed by atoms with Crippen molar-refractivity contribution < 1.29 is 13.2 Å². The van der Waals surface area contributed by atoms with Crippen LogP contribution in [0.2, 0.25) is 10.2 Å². The molecule has 9 heteroatoms. The minimum Gasteiger partial charge on any atom is -0.369 e. The van der Waals surface area contributed by atoms with Gasteiger partial charge in [-0.2, -0.15) is 0 Å². The van der Waals surface area contributed by atoms with Crippen molar-refractivity contribution in [2.75, 3.05) is 6.54 Å². The number of amides is 1. The fraction of sp³-hybridized carbons (Fsp3) is 0.400. The van der Waals surface area contributed by atoms with E-state index in [2.05, 4.69) is 9.71 Å². The van der Waals surface area contributed by atoms with Gasteiger partial charge in [-0.15, -0.1) is 0 Å². The number of nitrogens with zero attached hydrogens (tertiary/aromatic N) is 1. The van der Waals surface area contributed by atoms with Crippen LogP contribution in [0, 0.1) is 5.41 Å². The molecule has 0 spiro atoms. The van der Waals surface area contributed by atoms with E-state index in [0.717, 1.165) is 6.20 Å². The number of halogens is 2. The molecule has 0 bridgehead atoms. The summed E-state index contributed by atoms with van der Waals surface area (Å²) >= 11 is 11.3. The molecule has 0 unspecified atom stereocenters. The van der Waals surface area contributed by atoms with Gasteiger partial charge in [0.2, 0.25) is 15.9 Å². The van der Waals surface area contributed by atoms with E-state index in [4.69, 9.17) is 28.9 Å². The summed E-state index contributed by atoms with van der Waals surface area (Å²) in [4.78, 5) is 14.6. The van der Waals surface area contributed by atoms with Crippen molar-refractivity contribution in [2.45, 2.75) is 18.7 Å². The molecule has 0 radical (unpaired) electrons. The van der Waals surface area contributed by atoms with Crippen molar-refractivity contribution in [2.24, 2.45) is 11.1 Å². The topological polar surface area (TPSA) is 102 Å². The SMILES string of the molecule is CC(C)(CNS(=O)(=O)c1cnc(Cl)c(Cl)c1)C(N)=O. The lowest BCUT2D eigenvalue weighted by Gasteiger charge is -2.20. The first-order valence-corrected chi connectivity index (χ1v) is 7.41. The van der Waals surface area contributed by atoms with Crippen molar-refractivity contribution in [3.8, 4) is 0 Å². The summed E-state index contributed by atoms with van der Waals surface area (Å²) in [5, 5.41) is 0.0387. The van der Waals surface area contributed by atoms with Gasteiger partial charge in [0.1, 0.15) is 10.0 Å². The Morgan fingerprint density at radius 3 is 2.53 bits per heavy atom. The Bertz CT molecular complexity index is 602. The first-order valence-electron chi connectivity index (χ1n) is 5.17. The number of hydrogen-bond donors (Lipinski definition) is 2. The molecule has 1 aromatic heterocycles. The van der Waals surface area contributed by atoms with Crippen LogP contribution in [0.5, 0.6) is 0 Å². The molecule has 0 aromatic carbocycles. The van der Waals surface area contributed by atoms with Crippen molar-refractivity contribution in [1.29, 1.82) is 0 Å². The zero-order chi connectivity index (χ0) is 14.8. The molecule has 0 aliphatic rings. The Kier molecular flexibility index (Phi) is 4.78. The van der Waals surface area contributed by atoms with Gasteiger partial charge in [-0.25, -0.2) is 18.1 Å². The first-order chi connectivity index (χ1) is 8.56. The molecule has 3 N–H and O–H groups in total. The van der Waals surface area contributed by atoms with E-state index >= 15 is 0 Å². The molecule has 1 aromatic rings. The third kappa shape index (κ3) is 4.04. The van der Waals surface area contributed by atoms with E-state index in [9.17, 15) is 13.2 Å². The molecule has 0 fully saturated rings. The molecule has 6 nitrogen and oxygen atoms in total. The monoisotopic (exact) mass is 325 g/mol. The summed E-state index contributed by atoms with van der Waals surface area (Å²) in [5.41, 5.74) is 4.15. The standard InChI is InChI=1S/C10H13Cl2N3O3S/c1-10(2,9(13)16)5-15-19(17,18)6-3-7(11)8(12)14-4-6/h3-4,15H,5H2,1-2H3,(H2,13,16). The van der Waals surface area contributed by atoms with Crippen LogP contribution in [0.15, 0.2) is 17.2 Å². The van der Waals surface area contributed by atoms with E-state index in [-0.39, 0.29) is 21.6 Å². The summed E-state index contributed by atoms with van der Waals surface area (Å²) < 4.78 is 26.2. The number of pyridine rings is 1. The summed E-state index contributed by atoms with van der Waals surface area (Å²) in [5.74, 6) is -0.609. The van der Waals surface area contributed by atoms with Gasteiger partial charge in [0.15, 0.2) is 0 Å². The minimum absolute atomic E-state index is 0.0121. The molecular weight excluding hydrogens is 313 g/mol. The highest BCUT2D eigenvalue weighted by Crippen LogP contribution is 2.22. The zero-order valence-electron chi connectivity index (χ0n) is 10.3. The van der Waals surface area contributed by atoms with Gasteiger partial charge in [0.25, 0.3) is 0 Å². The maximum Gasteiger partial charge on any atom is 0.242 e. The quantitative estimate of drug-likeness (QED) is 0.793. The predicted molar refractivity (Wildman–Crippen MR) is 72.4 cm³/mol. The smallest absolute Gasteiger partial charge is 0.242 e. The lowest BCUT2D eigenvalue weighted by Crippen LogP contribution is -2.42. The van der Waals surface area contributed by atoms with Gasteiger partial charge < -0.3 is 5.73 Å². The lowest BCUT2D eigenvalue weighted by atomic mass is 9.93. The van der Waals surface area contributed by atoms with Crippen LogP contribution in [0.1, 0.15) is 13.8 Å². The predicted octanol–water partition coefficient (Wildman–Crippen LogP) is 1.18. The van der Waals surface area contributed by atoms with Crippen LogP contribution in [0.3, 0.4) is 0 Å². The molecule has 0 saturated carbocycles. The Morgan fingerprint density at radius 1 is 1.47 bits per heavy atom. The second kappa shape index (κ2) is 5.62. The molecule has 0 saturated heterocycles. The zero-order valence-corrected chi connectivity index (χ0v) is 12.6. The van der Waals surface area contributed by atoms with Crippen molar-refractivity contribution in [3.63, 3.8) is 0 Å². The lowest BCUT2D eigenvalue weighted by molar-refractivity contribution is -0.125. The van der Waals surface area contributed by atoms with Gasteiger partial charge in [-0.1, -0.05) is 23.2 Å². The van der Waals surface area contributed by atoms with Gasteiger partial charge in [0.05, 0.1) is 10.4 Å². The summed E-state index contributed by atoms with van der Waals surface area (Å²) in [7, 11) is -3.83. The van der Waals surface area contributed by atoms with E-state index in [1.54, 1.807) is 0 Å². The Morgan fingerprint density at radius 2 is 2.05 bits per heavy atom. The number of hydrogen-bond acceptors (Lipinski definition) is 4. The number of sulfonamides is 1. The van der Waals surface area contributed by atoms with Crippen LogP contribution >= 0.6 is 23.2 Å². The summed E-state index contributed by atoms with van der Waals surface area (Å²) in [6.45, 7) is 2.93. The van der Waals surface area contributed by atoms with E-state index in [1.165, 1.54) is 19.9 Å². The molecule has 106 valence electrons. The highest BCUT2D eigenvalue weighted by Gasteiger charge is 2.27. The normalized spacial score (nSPS) is 12.4. The van der Waals surface area contributed by atoms with Crippen LogP contribution < -0.4 is 10.5 Å². The number of carbonyl (C=O) groups excluding carboxylic acids is 1. The van der Waals surface area contributed by atoms with Gasteiger partial charge in [-0.05, 0) is 19.9 Å². The second-order valence-corrected chi connectivity index (χ2v) is 7.05. The second-order valence-electron chi connectivity index (χ2n) is 4.52. The highest BCUT2D eigenvalue weighted by molar-refractivity contribution is 7.89. The Balaban J connectivity index is 2.93. The number of aromatic nitrogens is 1. The molecule has 1 rings (SSSR count). The van der Waals surface area contributed by atoms with E-state index < -0.39 is 21.3 Å². The minimum atomic E-state index is -3.83. The molecule has 0 aliphatic heterocycles.